The molecule has 0 aliphatic carbocycles. The smallest absolute Gasteiger partial charge is 0.292 e. The highest BCUT2D eigenvalue weighted by molar-refractivity contribution is 5.93. The van der Waals surface area contributed by atoms with Crippen LogP contribution in [-0.4, -0.2) is 66.4 Å². The van der Waals surface area contributed by atoms with Crippen LogP contribution in [0.5, 0.6) is 5.75 Å². The lowest BCUT2D eigenvalue weighted by Crippen LogP contribution is -2.36. The summed E-state index contributed by atoms with van der Waals surface area (Å²) in [6.45, 7) is 3.39. The van der Waals surface area contributed by atoms with Crippen molar-refractivity contribution in [2.75, 3.05) is 45.2 Å². The van der Waals surface area contributed by atoms with Crippen LogP contribution in [0.4, 0.5) is 11.4 Å². The van der Waals surface area contributed by atoms with Gasteiger partial charge in [-0.15, -0.1) is 0 Å². The Morgan fingerprint density at radius 1 is 1.03 bits per heavy atom. The number of aryl methyl sites for hydroxylation is 1. The number of para-hydroxylation sites is 2. The molecule has 3 rings (SSSR count). The largest absolute Gasteiger partial charge is 0.497 e. The summed E-state index contributed by atoms with van der Waals surface area (Å²) in [6, 6.07) is 13.9. The average molecular weight is 455 g/mol. The van der Waals surface area contributed by atoms with Crippen LogP contribution in [0.1, 0.15) is 24.8 Å². The van der Waals surface area contributed by atoms with Crippen LogP contribution in [0.15, 0.2) is 48.5 Å². The van der Waals surface area contributed by atoms with Crippen molar-refractivity contribution in [2.24, 2.45) is 0 Å². The molecule has 0 atom stereocenters. The third kappa shape index (κ3) is 7.28. The Bertz CT molecular complexity index is 964. The first kappa shape index (κ1) is 24.2. The molecule has 2 aromatic rings. The number of benzene rings is 2. The summed E-state index contributed by atoms with van der Waals surface area (Å²) in [4.78, 5) is 39.6. The first-order chi connectivity index (χ1) is 16.0. The molecule has 1 heterocycles. The van der Waals surface area contributed by atoms with Crippen LogP contribution in [0.2, 0.25) is 0 Å². The molecule has 2 aromatic carbocycles. The molecule has 9 nitrogen and oxygen atoms in total. The second-order valence-electron chi connectivity index (χ2n) is 8.00. The second kappa shape index (κ2) is 12.0. The van der Waals surface area contributed by atoms with Gasteiger partial charge in [-0.2, -0.15) is 0 Å². The van der Waals surface area contributed by atoms with Gasteiger partial charge in [0, 0.05) is 45.1 Å². The number of amides is 2. The normalized spacial score (nSPS) is 14.4. The van der Waals surface area contributed by atoms with E-state index in [1.54, 1.807) is 19.2 Å². The van der Waals surface area contributed by atoms with E-state index in [2.05, 4.69) is 10.2 Å². The highest BCUT2D eigenvalue weighted by Crippen LogP contribution is 2.23. The predicted molar refractivity (Wildman–Crippen MR) is 125 cm³/mol. The van der Waals surface area contributed by atoms with E-state index in [0.717, 1.165) is 24.3 Å². The van der Waals surface area contributed by atoms with Gasteiger partial charge in [0.15, 0.2) is 0 Å². The highest BCUT2D eigenvalue weighted by Gasteiger charge is 2.20. The Hall–Kier alpha value is -3.46. The molecule has 2 amide bonds. The maximum atomic E-state index is 12.7. The Balaban J connectivity index is 1.41. The number of methoxy groups -OCH3 is 1. The van der Waals surface area contributed by atoms with E-state index < -0.39 is 4.92 Å². The zero-order chi connectivity index (χ0) is 23.6. The van der Waals surface area contributed by atoms with Crippen LogP contribution in [0, 0.1) is 10.1 Å². The van der Waals surface area contributed by atoms with Crippen LogP contribution in [0.3, 0.4) is 0 Å². The first-order valence-corrected chi connectivity index (χ1v) is 11.1. The minimum absolute atomic E-state index is 0.121. The highest BCUT2D eigenvalue weighted by atomic mass is 16.6. The maximum Gasteiger partial charge on any atom is 0.292 e. The minimum atomic E-state index is -0.509. The Morgan fingerprint density at radius 2 is 1.79 bits per heavy atom. The molecule has 0 radical (unpaired) electrons. The van der Waals surface area contributed by atoms with Gasteiger partial charge in [0.1, 0.15) is 11.4 Å². The van der Waals surface area contributed by atoms with Gasteiger partial charge < -0.3 is 19.9 Å². The fraction of sp³-hybridized carbons (Fsp3) is 0.417. The zero-order valence-corrected chi connectivity index (χ0v) is 18.9. The van der Waals surface area contributed by atoms with Crippen molar-refractivity contribution in [3.05, 3.63) is 64.2 Å². The summed E-state index contributed by atoms with van der Waals surface area (Å²) in [5.74, 6) is 0.677. The van der Waals surface area contributed by atoms with Crippen molar-refractivity contribution in [2.45, 2.75) is 25.7 Å². The number of nitro groups is 1. The van der Waals surface area contributed by atoms with E-state index in [9.17, 15) is 19.7 Å². The van der Waals surface area contributed by atoms with Gasteiger partial charge in [-0.3, -0.25) is 19.7 Å². The third-order valence-electron chi connectivity index (χ3n) is 5.76. The molecule has 1 N–H and O–H groups in total. The summed E-state index contributed by atoms with van der Waals surface area (Å²) in [5.41, 5.74) is 1.19. The van der Waals surface area contributed by atoms with Gasteiger partial charge in [0.05, 0.1) is 12.0 Å². The molecule has 1 aliphatic rings. The van der Waals surface area contributed by atoms with Gasteiger partial charge in [0.25, 0.3) is 5.69 Å². The SMILES string of the molecule is COc1ccc(CCC(=O)N2CCCN(CCC(=O)Nc3ccccc3[N+](=O)[O-])CC2)cc1. The molecule has 0 spiro atoms. The fourth-order valence-corrected chi connectivity index (χ4v) is 3.86. The molecule has 33 heavy (non-hydrogen) atoms. The van der Waals surface area contributed by atoms with E-state index in [1.807, 2.05) is 29.2 Å². The third-order valence-corrected chi connectivity index (χ3v) is 5.76. The van der Waals surface area contributed by atoms with E-state index in [4.69, 9.17) is 4.74 Å². The standard InChI is InChI=1S/C24H30N4O5/c1-33-20-10-7-19(8-11-20)9-12-24(30)27-15-4-14-26(17-18-27)16-13-23(29)25-21-5-2-3-6-22(21)28(31)32/h2-3,5-8,10-11H,4,9,12-18H2,1H3,(H,25,29). The molecule has 1 fully saturated rings. The lowest BCUT2D eigenvalue weighted by atomic mass is 10.1. The maximum absolute atomic E-state index is 12.7. The van der Waals surface area contributed by atoms with E-state index >= 15 is 0 Å². The minimum Gasteiger partial charge on any atom is -0.497 e. The van der Waals surface area contributed by atoms with Crippen molar-refractivity contribution in [1.82, 2.24) is 9.80 Å². The van der Waals surface area contributed by atoms with Crippen LogP contribution in [-0.2, 0) is 16.0 Å². The summed E-state index contributed by atoms with van der Waals surface area (Å²) >= 11 is 0. The lowest BCUT2D eigenvalue weighted by molar-refractivity contribution is -0.383. The Labute approximate surface area is 193 Å². The number of anilines is 1. The lowest BCUT2D eigenvalue weighted by Gasteiger charge is -2.22. The van der Waals surface area contributed by atoms with Crippen LogP contribution in [0.25, 0.3) is 0 Å². The fourth-order valence-electron chi connectivity index (χ4n) is 3.86. The van der Waals surface area contributed by atoms with Gasteiger partial charge in [-0.25, -0.2) is 0 Å². The van der Waals surface area contributed by atoms with Crippen molar-refractivity contribution >= 4 is 23.2 Å². The molecule has 0 unspecified atom stereocenters. The van der Waals surface area contributed by atoms with Crippen molar-refractivity contribution in [3.8, 4) is 5.75 Å². The summed E-state index contributed by atoms with van der Waals surface area (Å²) in [6.07, 6.45) is 2.23. The van der Waals surface area contributed by atoms with Gasteiger partial charge in [-0.1, -0.05) is 24.3 Å². The van der Waals surface area contributed by atoms with Gasteiger partial charge in [0.2, 0.25) is 11.8 Å². The number of nitrogens with one attached hydrogen (secondary N) is 1. The number of hydrogen-bond donors (Lipinski definition) is 1. The predicted octanol–water partition coefficient (Wildman–Crippen LogP) is 3.10. The molecule has 1 saturated heterocycles. The quantitative estimate of drug-likeness (QED) is 0.461. The van der Waals surface area contributed by atoms with E-state index in [-0.39, 0.29) is 29.6 Å². The molecular weight excluding hydrogens is 424 g/mol. The zero-order valence-electron chi connectivity index (χ0n) is 18.9. The summed E-state index contributed by atoms with van der Waals surface area (Å²) < 4.78 is 5.16. The van der Waals surface area contributed by atoms with Gasteiger partial charge >= 0.3 is 0 Å². The summed E-state index contributed by atoms with van der Waals surface area (Å²) in [5, 5.41) is 13.7. The number of rotatable bonds is 9. The van der Waals surface area contributed by atoms with Gasteiger partial charge in [-0.05, 0) is 43.1 Å². The Kier molecular flexibility index (Phi) is 8.77. The molecule has 0 aromatic heterocycles. The number of nitro benzene ring substituents is 1. The molecular formula is C24H30N4O5. The topological polar surface area (TPSA) is 105 Å². The molecule has 0 bridgehead atoms. The summed E-state index contributed by atoms with van der Waals surface area (Å²) in [7, 11) is 1.63. The molecule has 9 heteroatoms. The second-order valence-corrected chi connectivity index (χ2v) is 8.00. The number of nitrogens with zero attached hydrogens (tertiary/aromatic N) is 3. The van der Waals surface area contributed by atoms with Crippen molar-refractivity contribution in [3.63, 3.8) is 0 Å². The first-order valence-electron chi connectivity index (χ1n) is 11.1. The van der Waals surface area contributed by atoms with Crippen molar-refractivity contribution in [1.29, 1.82) is 0 Å². The number of carbonyl (C=O) groups excluding carboxylic acids is 2. The van der Waals surface area contributed by atoms with Crippen molar-refractivity contribution < 1.29 is 19.2 Å². The number of carbonyl (C=O) groups is 2. The molecule has 1 aliphatic heterocycles. The van der Waals surface area contributed by atoms with Crippen LogP contribution < -0.4 is 10.1 Å². The Morgan fingerprint density at radius 3 is 2.52 bits per heavy atom. The van der Waals surface area contributed by atoms with Crippen LogP contribution >= 0.6 is 0 Å². The average Bonchev–Trinajstić information content (AvgIpc) is 3.07. The number of hydrogen-bond acceptors (Lipinski definition) is 6. The molecule has 0 saturated carbocycles. The monoisotopic (exact) mass is 454 g/mol. The van der Waals surface area contributed by atoms with E-state index in [0.29, 0.717) is 39.0 Å². The van der Waals surface area contributed by atoms with E-state index in [1.165, 1.54) is 12.1 Å². The number of ether oxygens (including phenoxy) is 1. The molecule has 176 valence electrons.